The molecule has 2 heterocycles. The molecule has 7 nitrogen and oxygen atoms in total. The Morgan fingerprint density at radius 3 is 2.65 bits per heavy atom. The van der Waals surface area contributed by atoms with Gasteiger partial charge in [0.2, 0.25) is 5.95 Å². The summed E-state index contributed by atoms with van der Waals surface area (Å²) in [6, 6.07) is 13.4. The molecular weight excluding hydrogens is 350 g/mol. The van der Waals surface area contributed by atoms with E-state index in [9.17, 15) is 4.79 Å². The highest BCUT2D eigenvalue weighted by Crippen LogP contribution is 2.29. The third-order valence-electron chi connectivity index (χ3n) is 3.47. The van der Waals surface area contributed by atoms with Crippen molar-refractivity contribution >= 4 is 35.2 Å². The van der Waals surface area contributed by atoms with Crippen molar-refractivity contribution in [2.75, 3.05) is 23.4 Å². The predicted molar refractivity (Wildman–Crippen MR) is 103 cm³/mol. The highest BCUT2D eigenvalue weighted by Gasteiger charge is 2.09. The minimum Gasteiger partial charge on any atom is -0.480 e. The molecule has 3 rings (SSSR count). The summed E-state index contributed by atoms with van der Waals surface area (Å²) in [5.74, 6) is -0.169. The quantitative estimate of drug-likeness (QED) is 0.546. The lowest BCUT2D eigenvalue weighted by Gasteiger charge is -2.12. The minimum atomic E-state index is -0.981. The van der Waals surface area contributed by atoms with Gasteiger partial charge in [-0.2, -0.15) is 4.98 Å². The van der Waals surface area contributed by atoms with E-state index < -0.39 is 5.97 Å². The summed E-state index contributed by atoms with van der Waals surface area (Å²) < 4.78 is 0. The fourth-order valence-corrected chi connectivity index (χ4v) is 2.86. The van der Waals surface area contributed by atoms with Gasteiger partial charge in [-0.1, -0.05) is 12.1 Å². The van der Waals surface area contributed by atoms with Crippen molar-refractivity contribution in [2.45, 2.75) is 4.90 Å². The van der Waals surface area contributed by atoms with E-state index in [2.05, 4.69) is 25.6 Å². The Hall–Kier alpha value is -3.13. The van der Waals surface area contributed by atoms with Crippen LogP contribution in [0, 0.1) is 0 Å². The first-order valence-electron chi connectivity index (χ1n) is 7.81. The SMILES string of the molecule is CSc1ccccc1Nc1cc(-c2ccncc2)nc(NCC(=O)O)n1. The van der Waals surface area contributed by atoms with Gasteiger partial charge in [0.15, 0.2) is 0 Å². The van der Waals surface area contributed by atoms with Crippen LogP contribution in [0.3, 0.4) is 0 Å². The molecule has 0 aliphatic carbocycles. The number of anilines is 3. The van der Waals surface area contributed by atoms with Gasteiger partial charge in [-0.25, -0.2) is 4.98 Å². The van der Waals surface area contributed by atoms with E-state index in [0.29, 0.717) is 11.5 Å². The number of aromatic nitrogens is 3. The topological polar surface area (TPSA) is 100 Å². The lowest BCUT2D eigenvalue weighted by Crippen LogP contribution is -2.15. The first kappa shape index (κ1) is 17.7. The Kier molecular flexibility index (Phi) is 5.65. The van der Waals surface area contributed by atoms with E-state index in [1.807, 2.05) is 48.7 Å². The van der Waals surface area contributed by atoms with Crippen LogP contribution in [-0.4, -0.2) is 38.8 Å². The lowest BCUT2D eigenvalue weighted by atomic mass is 10.2. The standard InChI is InChI=1S/C18H17N5O2S/c1-26-15-5-3-2-4-13(15)21-16-10-14(12-6-8-19-9-7-12)22-18(23-16)20-11-17(24)25/h2-10H,11H2,1H3,(H,24,25)(H2,20,21,22,23). The summed E-state index contributed by atoms with van der Waals surface area (Å²) in [6.45, 7) is -0.263. The van der Waals surface area contributed by atoms with Crippen LogP contribution in [0.5, 0.6) is 0 Å². The van der Waals surface area contributed by atoms with E-state index >= 15 is 0 Å². The van der Waals surface area contributed by atoms with Gasteiger partial charge in [0.05, 0.1) is 11.4 Å². The molecule has 0 bridgehead atoms. The number of carboxylic acid groups (broad SMARTS) is 1. The van der Waals surface area contributed by atoms with Crippen molar-refractivity contribution in [3.8, 4) is 11.3 Å². The summed E-state index contributed by atoms with van der Waals surface area (Å²) in [7, 11) is 0. The number of thioether (sulfide) groups is 1. The zero-order valence-electron chi connectivity index (χ0n) is 14.0. The van der Waals surface area contributed by atoms with E-state index in [1.54, 1.807) is 24.2 Å². The number of aliphatic carboxylic acids is 1. The number of hydrogen-bond acceptors (Lipinski definition) is 7. The molecule has 0 fully saturated rings. The molecule has 0 amide bonds. The van der Waals surface area contributed by atoms with E-state index in [1.165, 1.54) is 0 Å². The van der Waals surface area contributed by atoms with Crippen molar-refractivity contribution in [1.82, 2.24) is 15.0 Å². The van der Waals surface area contributed by atoms with Crippen molar-refractivity contribution in [3.05, 3.63) is 54.9 Å². The van der Waals surface area contributed by atoms with Crippen molar-refractivity contribution < 1.29 is 9.90 Å². The normalized spacial score (nSPS) is 10.3. The van der Waals surface area contributed by atoms with Crippen LogP contribution >= 0.6 is 11.8 Å². The fourth-order valence-electron chi connectivity index (χ4n) is 2.30. The zero-order valence-corrected chi connectivity index (χ0v) is 14.8. The molecule has 0 radical (unpaired) electrons. The Labute approximate surface area is 154 Å². The molecule has 0 saturated carbocycles. The van der Waals surface area contributed by atoms with Crippen LogP contribution in [0.1, 0.15) is 0 Å². The molecule has 0 atom stereocenters. The smallest absolute Gasteiger partial charge is 0.322 e. The highest BCUT2D eigenvalue weighted by atomic mass is 32.2. The minimum absolute atomic E-state index is 0.242. The molecule has 0 saturated heterocycles. The lowest BCUT2D eigenvalue weighted by molar-refractivity contribution is -0.134. The van der Waals surface area contributed by atoms with Crippen LogP contribution in [0.4, 0.5) is 17.5 Å². The second-order valence-corrected chi connectivity index (χ2v) is 6.12. The predicted octanol–water partition coefficient (Wildman–Crippen LogP) is 3.50. The van der Waals surface area contributed by atoms with Gasteiger partial charge in [-0.05, 0) is 30.5 Å². The summed E-state index contributed by atoms with van der Waals surface area (Å²) >= 11 is 1.63. The number of carbonyl (C=O) groups is 1. The molecule has 2 aromatic heterocycles. The molecule has 3 N–H and O–H groups in total. The number of nitrogens with zero attached hydrogens (tertiary/aromatic N) is 3. The number of pyridine rings is 1. The van der Waals surface area contributed by atoms with Gasteiger partial charge in [0, 0.05) is 28.9 Å². The van der Waals surface area contributed by atoms with Crippen LogP contribution in [-0.2, 0) is 4.79 Å². The molecule has 0 unspecified atom stereocenters. The molecule has 3 aromatic rings. The summed E-state index contributed by atoms with van der Waals surface area (Å²) in [4.78, 5) is 24.7. The molecule has 8 heteroatoms. The van der Waals surface area contributed by atoms with Gasteiger partial charge in [-0.3, -0.25) is 9.78 Å². The second kappa shape index (κ2) is 8.30. The Morgan fingerprint density at radius 1 is 1.15 bits per heavy atom. The molecule has 26 heavy (non-hydrogen) atoms. The fraction of sp³-hybridized carbons (Fsp3) is 0.111. The van der Waals surface area contributed by atoms with Gasteiger partial charge in [0.25, 0.3) is 0 Å². The number of rotatable bonds is 7. The Morgan fingerprint density at radius 2 is 1.92 bits per heavy atom. The number of para-hydroxylation sites is 1. The maximum atomic E-state index is 10.8. The summed E-state index contributed by atoms with van der Waals surface area (Å²) in [5.41, 5.74) is 2.45. The number of nitrogens with one attached hydrogen (secondary N) is 2. The average Bonchev–Trinajstić information content (AvgIpc) is 2.67. The molecule has 0 aliphatic rings. The average molecular weight is 367 g/mol. The van der Waals surface area contributed by atoms with E-state index in [4.69, 9.17) is 5.11 Å². The van der Waals surface area contributed by atoms with Crippen LogP contribution in [0.15, 0.2) is 59.8 Å². The number of carboxylic acids is 1. The molecule has 132 valence electrons. The largest absolute Gasteiger partial charge is 0.480 e. The molecule has 0 aliphatic heterocycles. The maximum Gasteiger partial charge on any atom is 0.322 e. The highest BCUT2D eigenvalue weighted by molar-refractivity contribution is 7.98. The third kappa shape index (κ3) is 4.48. The number of benzene rings is 1. The van der Waals surface area contributed by atoms with Crippen LogP contribution in [0.25, 0.3) is 11.3 Å². The Bertz CT molecular complexity index is 905. The van der Waals surface area contributed by atoms with Gasteiger partial charge >= 0.3 is 5.97 Å². The van der Waals surface area contributed by atoms with Crippen molar-refractivity contribution in [1.29, 1.82) is 0 Å². The van der Waals surface area contributed by atoms with Gasteiger partial charge in [-0.15, -0.1) is 11.8 Å². The molecular formula is C18H17N5O2S. The van der Waals surface area contributed by atoms with Gasteiger partial charge < -0.3 is 15.7 Å². The van der Waals surface area contributed by atoms with E-state index in [-0.39, 0.29) is 12.5 Å². The zero-order chi connectivity index (χ0) is 18.4. The van der Waals surface area contributed by atoms with Crippen LogP contribution in [0.2, 0.25) is 0 Å². The number of hydrogen-bond donors (Lipinski definition) is 3. The summed E-state index contributed by atoms with van der Waals surface area (Å²) in [6.07, 6.45) is 5.36. The first-order valence-corrected chi connectivity index (χ1v) is 9.03. The van der Waals surface area contributed by atoms with Crippen LogP contribution < -0.4 is 10.6 Å². The second-order valence-electron chi connectivity index (χ2n) is 5.27. The third-order valence-corrected chi connectivity index (χ3v) is 4.27. The molecule has 1 aromatic carbocycles. The Balaban J connectivity index is 1.97. The maximum absolute atomic E-state index is 10.8. The summed E-state index contributed by atoms with van der Waals surface area (Å²) in [5, 5.41) is 14.9. The first-order chi connectivity index (χ1) is 12.7. The van der Waals surface area contributed by atoms with Crippen molar-refractivity contribution in [3.63, 3.8) is 0 Å². The van der Waals surface area contributed by atoms with Gasteiger partial charge in [0.1, 0.15) is 12.4 Å². The van der Waals surface area contributed by atoms with E-state index in [0.717, 1.165) is 16.1 Å². The molecule has 0 spiro atoms. The van der Waals surface area contributed by atoms with Crippen molar-refractivity contribution in [2.24, 2.45) is 0 Å². The monoisotopic (exact) mass is 367 g/mol.